The first-order chi connectivity index (χ1) is 13.6. The molecule has 0 radical (unpaired) electrons. The number of imide groups is 2. The first kappa shape index (κ1) is 22.6. The minimum Gasteiger partial charge on any atom is -0.283 e. The number of carbonyl (C=O) groups is 4. The SMILES string of the molecule is O=C(CCCCCCCCC(=O)N1CCCCCC1=O)N1CCCCCC1=O. The summed E-state index contributed by atoms with van der Waals surface area (Å²) in [5.41, 5.74) is 0. The minimum absolute atomic E-state index is 0.00458. The van der Waals surface area contributed by atoms with Crippen LogP contribution in [0, 0.1) is 0 Å². The van der Waals surface area contributed by atoms with Crippen LogP contribution in [-0.2, 0) is 19.2 Å². The maximum absolute atomic E-state index is 12.2. The van der Waals surface area contributed by atoms with E-state index in [1.54, 1.807) is 0 Å². The number of unbranched alkanes of at least 4 members (excludes halogenated alkanes) is 5. The maximum Gasteiger partial charge on any atom is 0.229 e. The van der Waals surface area contributed by atoms with E-state index < -0.39 is 0 Å². The average Bonchev–Trinajstić information content (AvgIpc) is 3.03. The third kappa shape index (κ3) is 7.72. The monoisotopic (exact) mass is 392 g/mol. The summed E-state index contributed by atoms with van der Waals surface area (Å²) in [5.74, 6) is -0.0376. The summed E-state index contributed by atoms with van der Waals surface area (Å²) in [7, 11) is 0. The maximum atomic E-state index is 12.2. The van der Waals surface area contributed by atoms with E-state index in [-0.39, 0.29) is 23.6 Å². The van der Waals surface area contributed by atoms with Crippen LogP contribution in [0.1, 0.15) is 103 Å². The highest BCUT2D eigenvalue weighted by Gasteiger charge is 2.23. The summed E-state index contributed by atoms with van der Waals surface area (Å²) in [6.45, 7) is 1.18. The number of hydrogen-bond acceptors (Lipinski definition) is 4. The Morgan fingerprint density at radius 3 is 1.39 bits per heavy atom. The van der Waals surface area contributed by atoms with Crippen molar-refractivity contribution < 1.29 is 19.2 Å². The highest BCUT2D eigenvalue weighted by molar-refractivity contribution is 5.96. The van der Waals surface area contributed by atoms with Crippen molar-refractivity contribution >= 4 is 23.6 Å². The van der Waals surface area contributed by atoms with Gasteiger partial charge in [0.15, 0.2) is 0 Å². The Morgan fingerprint density at radius 2 is 0.964 bits per heavy atom. The van der Waals surface area contributed by atoms with Crippen LogP contribution in [0.3, 0.4) is 0 Å². The van der Waals surface area contributed by atoms with Gasteiger partial charge in [0.1, 0.15) is 0 Å². The molecule has 2 fully saturated rings. The normalized spacial score (nSPS) is 18.7. The molecular weight excluding hydrogens is 356 g/mol. The van der Waals surface area contributed by atoms with Crippen molar-refractivity contribution in [3.8, 4) is 0 Å². The summed E-state index contributed by atoms with van der Waals surface area (Å²) in [5, 5.41) is 0. The van der Waals surface area contributed by atoms with Gasteiger partial charge in [-0.05, 0) is 38.5 Å². The van der Waals surface area contributed by atoms with Crippen LogP contribution in [0.5, 0.6) is 0 Å². The lowest BCUT2D eigenvalue weighted by Crippen LogP contribution is -2.36. The standard InChI is InChI=1S/C22H36N2O4/c25-19(23-17-11-5-9-15-21(23)27)13-7-3-1-2-4-8-14-20(26)24-18-12-6-10-16-22(24)28/h1-18H2. The number of likely N-dealkylation sites (tertiary alicyclic amines) is 2. The van der Waals surface area contributed by atoms with Crippen molar-refractivity contribution in [3.05, 3.63) is 0 Å². The Hall–Kier alpha value is -1.72. The molecule has 2 rings (SSSR count). The van der Waals surface area contributed by atoms with Gasteiger partial charge in [0.2, 0.25) is 23.6 Å². The van der Waals surface area contributed by atoms with Crippen LogP contribution in [-0.4, -0.2) is 46.5 Å². The predicted molar refractivity (Wildman–Crippen MR) is 107 cm³/mol. The Morgan fingerprint density at radius 1 is 0.571 bits per heavy atom. The number of hydrogen-bond donors (Lipinski definition) is 0. The van der Waals surface area contributed by atoms with Gasteiger partial charge in [-0.15, -0.1) is 0 Å². The molecule has 6 nitrogen and oxygen atoms in total. The molecule has 0 aromatic heterocycles. The molecule has 0 saturated carbocycles. The minimum atomic E-state index is -0.0142. The Kier molecular flexibility index (Phi) is 10.2. The summed E-state index contributed by atoms with van der Waals surface area (Å²) in [4.78, 5) is 51.2. The van der Waals surface area contributed by atoms with Crippen molar-refractivity contribution in [2.24, 2.45) is 0 Å². The zero-order valence-electron chi connectivity index (χ0n) is 17.3. The molecule has 0 aliphatic carbocycles. The van der Waals surface area contributed by atoms with E-state index in [1.807, 2.05) is 0 Å². The topological polar surface area (TPSA) is 74.8 Å². The van der Waals surface area contributed by atoms with Crippen LogP contribution in [0.2, 0.25) is 0 Å². The van der Waals surface area contributed by atoms with Crippen molar-refractivity contribution in [2.45, 2.75) is 103 Å². The van der Waals surface area contributed by atoms with E-state index in [0.717, 1.165) is 77.0 Å². The molecule has 0 atom stereocenters. The van der Waals surface area contributed by atoms with E-state index in [0.29, 0.717) is 38.8 Å². The van der Waals surface area contributed by atoms with Gasteiger partial charge in [0, 0.05) is 38.8 Å². The van der Waals surface area contributed by atoms with Crippen molar-refractivity contribution in [3.63, 3.8) is 0 Å². The van der Waals surface area contributed by atoms with Crippen molar-refractivity contribution in [1.82, 2.24) is 9.80 Å². The molecule has 158 valence electrons. The van der Waals surface area contributed by atoms with Gasteiger partial charge < -0.3 is 0 Å². The van der Waals surface area contributed by atoms with E-state index in [1.165, 1.54) is 9.80 Å². The fourth-order valence-corrected chi connectivity index (χ4v) is 4.02. The Balaban J connectivity index is 1.50. The quantitative estimate of drug-likeness (QED) is 0.557. The van der Waals surface area contributed by atoms with Gasteiger partial charge in [0.25, 0.3) is 0 Å². The first-order valence-corrected chi connectivity index (χ1v) is 11.3. The predicted octanol–water partition coefficient (Wildman–Crippen LogP) is 3.97. The third-order valence-electron chi connectivity index (χ3n) is 5.78. The number of nitrogens with zero attached hydrogens (tertiary/aromatic N) is 2. The lowest BCUT2D eigenvalue weighted by atomic mass is 10.1. The highest BCUT2D eigenvalue weighted by Crippen LogP contribution is 2.16. The molecule has 0 bridgehead atoms. The molecule has 0 aromatic rings. The van der Waals surface area contributed by atoms with Gasteiger partial charge >= 0.3 is 0 Å². The molecule has 6 heteroatoms. The zero-order chi connectivity index (χ0) is 20.2. The van der Waals surface area contributed by atoms with Crippen LogP contribution < -0.4 is 0 Å². The van der Waals surface area contributed by atoms with E-state index >= 15 is 0 Å². The Bertz CT molecular complexity index is 499. The van der Waals surface area contributed by atoms with Gasteiger partial charge in [-0.25, -0.2) is 0 Å². The second-order valence-corrected chi connectivity index (χ2v) is 8.12. The molecule has 0 N–H and O–H groups in total. The van der Waals surface area contributed by atoms with Crippen molar-refractivity contribution in [1.29, 1.82) is 0 Å². The molecule has 0 aromatic carbocycles. The third-order valence-corrected chi connectivity index (χ3v) is 5.78. The lowest BCUT2D eigenvalue weighted by molar-refractivity contribution is -0.146. The molecule has 0 unspecified atom stereocenters. The molecule has 2 aliphatic heterocycles. The molecular formula is C22H36N2O4. The largest absolute Gasteiger partial charge is 0.283 e. The van der Waals surface area contributed by atoms with E-state index in [4.69, 9.17) is 0 Å². The Labute approximate surface area is 169 Å². The number of amides is 4. The lowest BCUT2D eigenvalue weighted by Gasteiger charge is -2.18. The van der Waals surface area contributed by atoms with Gasteiger partial charge in [0.05, 0.1) is 0 Å². The number of carbonyl (C=O) groups excluding carboxylic acids is 4. The second-order valence-electron chi connectivity index (χ2n) is 8.12. The molecule has 2 aliphatic rings. The summed E-state index contributed by atoms with van der Waals surface area (Å²) in [6, 6.07) is 0. The molecule has 2 saturated heterocycles. The number of rotatable bonds is 9. The zero-order valence-corrected chi connectivity index (χ0v) is 17.3. The molecule has 4 amide bonds. The van der Waals surface area contributed by atoms with Crippen LogP contribution in [0.25, 0.3) is 0 Å². The van der Waals surface area contributed by atoms with Crippen LogP contribution in [0.4, 0.5) is 0 Å². The summed E-state index contributed by atoms with van der Waals surface area (Å²) >= 11 is 0. The van der Waals surface area contributed by atoms with E-state index in [2.05, 4.69) is 0 Å². The fraction of sp³-hybridized carbons (Fsp3) is 0.818. The van der Waals surface area contributed by atoms with Crippen LogP contribution in [0.15, 0.2) is 0 Å². The second kappa shape index (κ2) is 12.7. The molecule has 2 heterocycles. The summed E-state index contributed by atoms with van der Waals surface area (Å²) < 4.78 is 0. The van der Waals surface area contributed by atoms with Gasteiger partial charge in [-0.1, -0.05) is 38.5 Å². The van der Waals surface area contributed by atoms with Crippen LogP contribution >= 0.6 is 0 Å². The fourth-order valence-electron chi connectivity index (χ4n) is 4.02. The van der Waals surface area contributed by atoms with Gasteiger partial charge in [-0.2, -0.15) is 0 Å². The average molecular weight is 393 g/mol. The van der Waals surface area contributed by atoms with E-state index in [9.17, 15) is 19.2 Å². The molecule has 28 heavy (non-hydrogen) atoms. The first-order valence-electron chi connectivity index (χ1n) is 11.3. The molecule has 0 spiro atoms. The highest BCUT2D eigenvalue weighted by atomic mass is 16.2. The summed E-state index contributed by atoms with van der Waals surface area (Å²) in [6.07, 6.45) is 13.3. The smallest absolute Gasteiger partial charge is 0.229 e. The van der Waals surface area contributed by atoms with Crippen molar-refractivity contribution in [2.75, 3.05) is 13.1 Å². The van der Waals surface area contributed by atoms with Gasteiger partial charge in [-0.3, -0.25) is 29.0 Å².